The average molecular weight is 458 g/mol. The van der Waals surface area contributed by atoms with Crippen LogP contribution in [-0.2, 0) is 9.53 Å². The number of pyridine rings is 2. The molecule has 0 spiro atoms. The molecule has 2 aromatic heterocycles. The molecule has 33 heavy (non-hydrogen) atoms. The van der Waals surface area contributed by atoms with E-state index < -0.39 is 18.2 Å². The number of aryl methyl sites for hydroxylation is 1. The van der Waals surface area contributed by atoms with E-state index in [1.807, 2.05) is 31.2 Å². The minimum absolute atomic E-state index is 0.0104. The number of anilines is 2. The van der Waals surface area contributed by atoms with Crippen LogP contribution >= 0.6 is 0 Å². The van der Waals surface area contributed by atoms with Crippen LogP contribution in [0, 0.1) is 12.8 Å². The van der Waals surface area contributed by atoms with Crippen LogP contribution in [0.25, 0.3) is 22.0 Å². The Morgan fingerprint density at radius 2 is 2.00 bits per heavy atom. The predicted molar refractivity (Wildman–Crippen MR) is 121 cm³/mol. The molecule has 1 aromatic carbocycles. The monoisotopic (exact) mass is 458 g/mol. The van der Waals surface area contributed by atoms with E-state index >= 15 is 0 Å². The van der Waals surface area contributed by atoms with Gasteiger partial charge in [0.05, 0.1) is 24.0 Å². The summed E-state index contributed by atoms with van der Waals surface area (Å²) >= 11 is 0. The lowest BCUT2D eigenvalue weighted by Gasteiger charge is -2.30. The molecule has 4 rings (SSSR count). The van der Waals surface area contributed by atoms with Gasteiger partial charge in [-0.15, -0.1) is 0 Å². The summed E-state index contributed by atoms with van der Waals surface area (Å²) in [6, 6.07) is 9.33. The molecule has 3 aromatic rings. The first kappa shape index (κ1) is 23.0. The van der Waals surface area contributed by atoms with Crippen LogP contribution in [0.2, 0.25) is 0 Å². The largest absolute Gasteiger partial charge is 0.392 e. The Bertz CT molecular complexity index is 1170. The van der Waals surface area contributed by atoms with Crippen molar-refractivity contribution < 1.29 is 22.7 Å². The van der Waals surface area contributed by atoms with E-state index in [2.05, 4.69) is 20.6 Å². The summed E-state index contributed by atoms with van der Waals surface area (Å²) in [5.74, 6) is -1.07. The van der Waals surface area contributed by atoms with Crippen molar-refractivity contribution in [2.45, 2.75) is 38.5 Å². The van der Waals surface area contributed by atoms with Crippen molar-refractivity contribution in [1.29, 1.82) is 0 Å². The molecule has 1 saturated heterocycles. The van der Waals surface area contributed by atoms with E-state index in [0.29, 0.717) is 5.69 Å². The molecule has 2 atom stereocenters. The Morgan fingerprint density at radius 1 is 1.18 bits per heavy atom. The van der Waals surface area contributed by atoms with E-state index in [0.717, 1.165) is 33.4 Å². The topological polar surface area (TPSA) is 76.1 Å². The molecule has 0 radical (unpaired) electrons. The smallest absolute Gasteiger partial charge is 0.378 e. The molecule has 1 aliphatic rings. The van der Waals surface area contributed by atoms with E-state index in [9.17, 15) is 18.0 Å². The van der Waals surface area contributed by atoms with Gasteiger partial charge in [-0.05, 0) is 49.1 Å². The number of fused-ring (bicyclic) bond motifs is 1. The highest BCUT2D eigenvalue weighted by atomic mass is 19.4. The van der Waals surface area contributed by atoms with Crippen molar-refractivity contribution in [3.8, 4) is 11.1 Å². The van der Waals surface area contributed by atoms with Crippen LogP contribution in [0.1, 0.15) is 24.8 Å². The van der Waals surface area contributed by atoms with Crippen molar-refractivity contribution in [2.75, 3.05) is 24.3 Å². The van der Waals surface area contributed by atoms with Crippen LogP contribution in [0.5, 0.6) is 0 Å². The maximum Gasteiger partial charge on any atom is 0.392 e. The van der Waals surface area contributed by atoms with Crippen molar-refractivity contribution in [1.82, 2.24) is 9.97 Å². The molecular formula is C24H25F3N4O2. The lowest BCUT2D eigenvalue weighted by atomic mass is 9.93. The summed E-state index contributed by atoms with van der Waals surface area (Å²) in [4.78, 5) is 21.4. The molecule has 0 aliphatic carbocycles. The third-order valence-electron chi connectivity index (χ3n) is 5.90. The van der Waals surface area contributed by atoms with E-state index in [1.165, 1.54) is 0 Å². The summed E-state index contributed by atoms with van der Waals surface area (Å²) in [6.07, 6.45) is -1.86. The van der Waals surface area contributed by atoms with Gasteiger partial charge >= 0.3 is 6.18 Å². The SMILES string of the molecule is CNc1cc2ncc(-c3cc(NC(=O)C[C@@H]4C[C@H](C(F)(F)F)CCO4)ccc3C)cc2cn1. The van der Waals surface area contributed by atoms with Crippen LogP contribution < -0.4 is 10.6 Å². The number of nitrogens with zero attached hydrogens (tertiary/aromatic N) is 2. The number of alkyl halides is 3. The normalized spacial score (nSPS) is 18.8. The Kier molecular flexibility index (Phi) is 6.51. The van der Waals surface area contributed by atoms with Gasteiger partial charge in [0.2, 0.25) is 5.91 Å². The predicted octanol–water partition coefficient (Wildman–Crippen LogP) is 5.33. The van der Waals surface area contributed by atoms with E-state index in [-0.39, 0.29) is 31.8 Å². The number of hydrogen-bond donors (Lipinski definition) is 2. The van der Waals surface area contributed by atoms with E-state index in [1.54, 1.807) is 25.5 Å². The Hall–Kier alpha value is -3.20. The first-order chi connectivity index (χ1) is 15.7. The van der Waals surface area contributed by atoms with Gasteiger partial charge in [-0.3, -0.25) is 9.78 Å². The number of amides is 1. The Labute approximate surface area is 189 Å². The molecule has 6 nitrogen and oxygen atoms in total. The molecule has 9 heteroatoms. The van der Waals surface area contributed by atoms with Gasteiger partial charge < -0.3 is 15.4 Å². The third-order valence-corrected chi connectivity index (χ3v) is 5.90. The summed E-state index contributed by atoms with van der Waals surface area (Å²) in [6.45, 7) is 1.97. The zero-order valence-electron chi connectivity index (χ0n) is 18.4. The molecule has 0 saturated carbocycles. The maximum absolute atomic E-state index is 13.0. The molecule has 1 fully saturated rings. The number of carbonyl (C=O) groups excluding carboxylic acids is 1. The standard InChI is InChI=1S/C24H25F3N4O2/c1-14-3-4-18(31-23(32)10-19-8-17(5-6-33-19)24(25,26)27)9-20(14)15-7-16-13-30-22(28-2)11-21(16)29-12-15/h3-4,7,9,11-13,17,19H,5-6,8,10H2,1-2H3,(H,28,30)(H,31,32)/t17-,19+/m1/s1. The molecule has 174 valence electrons. The van der Waals surface area contributed by atoms with Crippen LogP contribution in [-0.4, -0.2) is 41.8 Å². The van der Waals surface area contributed by atoms with Crippen molar-refractivity contribution in [3.05, 3.63) is 48.3 Å². The molecule has 2 N–H and O–H groups in total. The Balaban J connectivity index is 1.48. The fourth-order valence-electron chi connectivity index (χ4n) is 4.06. The minimum atomic E-state index is -4.26. The molecule has 0 unspecified atom stereocenters. The molecule has 0 bridgehead atoms. The van der Waals surface area contributed by atoms with Crippen molar-refractivity contribution >= 4 is 28.3 Å². The fraction of sp³-hybridized carbons (Fsp3) is 0.375. The number of aromatic nitrogens is 2. The van der Waals surface area contributed by atoms with Crippen LogP contribution in [0.3, 0.4) is 0 Å². The molecular weight excluding hydrogens is 433 g/mol. The van der Waals surface area contributed by atoms with Crippen LogP contribution in [0.4, 0.5) is 24.7 Å². The van der Waals surface area contributed by atoms with Gasteiger partial charge in [0.1, 0.15) is 5.82 Å². The summed E-state index contributed by atoms with van der Waals surface area (Å²) in [5.41, 5.74) is 4.14. The zero-order valence-corrected chi connectivity index (χ0v) is 18.4. The zero-order chi connectivity index (χ0) is 23.6. The number of hydrogen-bond acceptors (Lipinski definition) is 5. The van der Waals surface area contributed by atoms with Gasteiger partial charge in [-0.25, -0.2) is 4.98 Å². The lowest BCUT2D eigenvalue weighted by molar-refractivity contribution is -0.202. The number of rotatable bonds is 5. The number of halogens is 3. The number of nitrogens with one attached hydrogen (secondary N) is 2. The second kappa shape index (κ2) is 9.35. The first-order valence-corrected chi connectivity index (χ1v) is 10.8. The second-order valence-electron chi connectivity index (χ2n) is 8.27. The highest BCUT2D eigenvalue weighted by Crippen LogP contribution is 2.36. The molecule has 3 heterocycles. The number of ether oxygens (including phenoxy) is 1. The minimum Gasteiger partial charge on any atom is -0.378 e. The van der Waals surface area contributed by atoms with Gasteiger partial charge in [0.25, 0.3) is 0 Å². The summed E-state index contributed by atoms with van der Waals surface area (Å²) < 4.78 is 44.4. The number of carbonyl (C=O) groups is 1. The molecule has 1 aliphatic heterocycles. The van der Waals surface area contributed by atoms with Crippen molar-refractivity contribution in [3.63, 3.8) is 0 Å². The molecule has 1 amide bonds. The highest BCUT2D eigenvalue weighted by molar-refractivity contribution is 5.92. The average Bonchev–Trinajstić information content (AvgIpc) is 2.79. The van der Waals surface area contributed by atoms with E-state index in [4.69, 9.17) is 4.74 Å². The summed E-state index contributed by atoms with van der Waals surface area (Å²) in [7, 11) is 1.79. The van der Waals surface area contributed by atoms with Crippen molar-refractivity contribution in [2.24, 2.45) is 5.92 Å². The Morgan fingerprint density at radius 3 is 2.76 bits per heavy atom. The fourth-order valence-corrected chi connectivity index (χ4v) is 4.06. The highest BCUT2D eigenvalue weighted by Gasteiger charge is 2.42. The van der Waals surface area contributed by atoms with Crippen LogP contribution in [0.15, 0.2) is 42.7 Å². The maximum atomic E-state index is 13.0. The summed E-state index contributed by atoms with van der Waals surface area (Å²) in [5, 5.41) is 6.66. The number of benzene rings is 1. The quantitative estimate of drug-likeness (QED) is 0.540. The first-order valence-electron chi connectivity index (χ1n) is 10.8. The lowest BCUT2D eigenvalue weighted by Crippen LogP contribution is -2.36. The van der Waals surface area contributed by atoms with Gasteiger partial charge in [-0.2, -0.15) is 13.2 Å². The van der Waals surface area contributed by atoms with Gasteiger partial charge in [0.15, 0.2) is 0 Å². The third kappa shape index (κ3) is 5.42. The van der Waals surface area contributed by atoms with Gasteiger partial charge in [0, 0.05) is 48.8 Å². The second-order valence-corrected chi connectivity index (χ2v) is 8.27. The van der Waals surface area contributed by atoms with Gasteiger partial charge in [-0.1, -0.05) is 6.07 Å².